The molecule has 0 bridgehead atoms. The second-order valence-corrected chi connectivity index (χ2v) is 10.0. The van der Waals surface area contributed by atoms with Crippen molar-refractivity contribution < 1.29 is 9.47 Å². The summed E-state index contributed by atoms with van der Waals surface area (Å²) in [7, 11) is 1.66. The number of benzene rings is 1. The Balaban J connectivity index is 1.74. The maximum Gasteiger partial charge on any atom is 0.222 e. The van der Waals surface area contributed by atoms with Crippen LogP contribution in [0.25, 0.3) is 22.3 Å². The lowest BCUT2D eigenvalue weighted by Crippen LogP contribution is -2.24. The minimum atomic E-state index is 0.116. The maximum absolute atomic E-state index is 6.26. The number of hydrogen-bond donors (Lipinski definition) is 0. The summed E-state index contributed by atoms with van der Waals surface area (Å²) >= 11 is 6.26. The van der Waals surface area contributed by atoms with Crippen molar-refractivity contribution in [2.45, 2.75) is 46.8 Å². The Kier molecular flexibility index (Phi) is 8.11. The molecule has 1 aromatic carbocycles. The monoisotopic (exact) mass is 557 g/mol. The average molecular weight is 558 g/mol. The van der Waals surface area contributed by atoms with Crippen LogP contribution in [0.5, 0.6) is 11.6 Å². The van der Waals surface area contributed by atoms with Crippen LogP contribution in [0.4, 0.5) is 5.69 Å². The Labute approximate surface area is 238 Å². The number of aromatic nitrogens is 6. The van der Waals surface area contributed by atoms with E-state index in [-0.39, 0.29) is 6.04 Å². The highest BCUT2D eigenvalue weighted by Gasteiger charge is 2.23. The van der Waals surface area contributed by atoms with Crippen molar-refractivity contribution in [2.75, 3.05) is 18.6 Å². The largest absolute Gasteiger partial charge is 0.497 e. The third-order valence-electron chi connectivity index (χ3n) is 6.50. The van der Waals surface area contributed by atoms with E-state index in [9.17, 15) is 0 Å². The lowest BCUT2D eigenvalue weighted by molar-refractivity contribution is 0.328. The van der Waals surface area contributed by atoms with Gasteiger partial charge in [-0.2, -0.15) is 5.10 Å². The third-order valence-corrected chi connectivity index (χ3v) is 6.71. The number of methoxy groups -OCH3 is 1. The predicted octanol–water partition coefficient (Wildman–Crippen LogP) is 6.44. The molecule has 0 saturated carbocycles. The van der Waals surface area contributed by atoms with Crippen LogP contribution in [-0.4, -0.2) is 43.4 Å². The van der Waals surface area contributed by atoms with Crippen LogP contribution in [0.15, 0.2) is 60.9 Å². The molecule has 0 saturated heterocycles. The summed E-state index contributed by atoms with van der Waals surface area (Å²) in [6, 6.07) is 15.8. The number of nitrogens with zero attached hydrogens (tertiary/aromatic N) is 7. The molecule has 0 unspecified atom stereocenters. The molecule has 10 heteroatoms. The maximum atomic E-state index is 6.26. The first-order valence-electron chi connectivity index (χ1n) is 13.2. The van der Waals surface area contributed by atoms with Crippen LogP contribution in [0.1, 0.15) is 43.9 Å². The molecule has 206 valence electrons. The fourth-order valence-electron chi connectivity index (χ4n) is 4.65. The van der Waals surface area contributed by atoms with Crippen LogP contribution in [0.3, 0.4) is 0 Å². The summed E-state index contributed by atoms with van der Waals surface area (Å²) in [6.45, 7) is 9.66. The van der Waals surface area contributed by atoms with Gasteiger partial charge in [-0.3, -0.25) is 4.68 Å². The Hall–Kier alpha value is -4.24. The summed E-state index contributed by atoms with van der Waals surface area (Å²) in [6.07, 6.45) is 3.40. The molecule has 0 aliphatic carbocycles. The van der Waals surface area contributed by atoms with Gasteiger partial charge < -0.3 is 14.4 Å². The number of hydrogen-bond acceptors (Lipinski definition) is 8. The molecule has 0 aliphatic rings. The molecule has 5 rings (SSSR count). The summed E-state index contributed by atoms with van der Waals surface area (Å²) in [4.78, 5) is 20.8. The van der Waals surface area contributed by atoms with E-state index in [2.05, 4.69) is 51.9 Å². The molecule has 0 spiro atoms. The first-order valence-corrected chi connectivity index (χ1v) is 13.6. The zero-order valence-electron chi connectivity index (χ0n) is 23.3. The highest BCUT2D eigenvalue weighted by atomic mass is 35.5. The Bertz CT molecular complexity index is 1620. The van der Waals surface area contributed by atoms with E-state index in [1.807, 2.05) is 42.8 Å². The van der Waals surface area contributed by atoms with Gasteiger partial charge in [-0.25, -0.2) is 19.9 Å². The Morgan fingerprint density at radius 2 is 1.80 bits per heavy atom. The van der Waals surface area contributed by atoms with Gasteiger partial charge in [0.25, 0.3) is 0 Å². The normalized spacial score (nSPS) is 11.3. The van der Waals surface area contributed by atoms with E-state index in [4.69, 9.17) is 31.2 Å². The van der Waals surface area contributed by atoms with Gasteiger partial charge in [0, 0.05) is 25.0 Å². The van der Waals surface area contributed by atoms with Crippen molar-refractivity contribution in [3.8, 4) is 22.9 Å². The zero-order chi connectivity index (χ0) is 28.2. The van der Waals surface area contributed by atoms with Crippen molar-refractivity contribution in [1.29, 1.82) is 0 Å². The molecule has 4 aromatic heterocycles. The van der Waals surface area contributed by atoms with Gasteiger partial charge in [-0.15, -0.1) is 0 Å². The number of halogens is 1. The molecule has 0 atom stereocenters. The van der Waals surface area contributed by atoms with Crippen molar-refractivity contribution >= 4 is 28.3 Å². The van der Waals surface area contributed by atoms with Crippen molar-refractivity contribution in [1.82, 2.24) is 29.7 Å². The summed E-state index contributed by atoms with van der Waals surface area (Å²) in [5, 5.41) is 5.29. The molecule has 5 aromatic rings. The van der Waals surface area contributed by atoms with E-state index < -0.39 is 0 Å². The topological polar surface area (TPSA) is 91.1 Å². The Morgan fingerprint density at radius 3 is 2.50 bits per heavy atom. The second-order valence-electron chi connectivity index (χ2n) is 9.64. The number of aryl methyl sites for hydroxylation is 1. The van der Waals surface area contributed by atoms with Gasteiger partial charge in [-0.05, 0) is 69.7 Å². The van der Waals surface area contributed by atoms with E-state index in [0.29, 0.717) is 36.6 Å². The Morgan fingerprint density at radius 1 is 1.00 bits per heavy atom. The van der Waals surface area contributed by atoms with Crippen LogP contribution in [0.2, 0.25) is 5.15 Å². The van der Waals surface area contributed by atoms with E-state index in [0.717, 1.165) is 45.0 Å². The van der Waals surface area contributed by atoms with Gasteiger partial charge in [0.2, 0.25) is 5.88 Å². The minimum absolute atomic E-state index is 0.116. The van der Waals surface area contributed by atoms with Gasteiger partial charge in [0.15, 0.2) is 0 Å². The molecule has 9 nitrogen and oxygen atoms in total. The van der Waals surface area contributed by atoms with Gasteiger partial charge >= 0.3 is 0 Å². The minimum Gasteiger partial charge on any atom is -0.497 e. The lowest BCUT2D eigenvalue weighted by Gasteiger charge is -2.27. The third kappa shape index (κ3) is 5.70. The van der Waals surface area contributed by atoms with E-state index in [1.54, 1.807) is 25.6 Å². The first-order chi connectivity index (χ1) is 19.4. The molecule has 4 heterocycles. The molecule has 0 radical (unpaired) electrons. The van der Waals surface area contributed by atoms with Gasteiger partial charge in [0.1, 0.15) is 27.8 Å². The highest BCUT2D eigenvalue weighted by Crippen LogP contribution is 2.37. The number of anilines is 1. The molecule has 0 amide bonds. The smallest absolute Gasteiger partial charge is 0.222 e. The van der Waals surface area contributed by atoms with Crippen molar-refractivity contribution in [2.24, 2.45) is 0 Å². The fraction of sp³-hybridized carbons (Fsp3) is 0.300. The van der Waals surface area contributed by atoms with Crippen LogP contribution in [-0.2, 0) is 13.1 Å². The fourth-order valence-corrected chi connectivity index (χ4v) is 4.80. The van der Waals surface area contributed by atoms with Crippen molar-refractivity contribution in [3.63, 3.8) is 0 Å². The van der Waals surface area contributed by atoms with Crippen LogP contribution in [0, 0.1) is 6.92 Å². The molecule has 0 aliphatic heterocycles. The molecule has 40 heavy (non-hydrogen) atoms. The van der Waals surface area contributed by atoms with Crippen LogP contribution < -0.4 is 14.4 Å². The summed E-state index contributed by atoms with van der Waals surface area (Å²) in [5.41, 5.74) is 6.20. The first kappa shape index (κ1) is 27.3. The number of pyridine rings is 2. The SMILES string of the molecule is CCOc1ncccc1-c1cc(N(Cc2ccc(OC)cc2)Cc2nccc(Cl)n2)c2c(n1)c(C)nn2C(C)C. The second kappa shape index (κ2) is 11.9. The zero-order valence-corrected chi connectivity index (χ0v) is 24.1. The molecule has 0 fully saturated rings. The summed E-state index contributed by atoms with van der Waals surface area (Å²) < 4.78 is 13.3. The van der Waals surface area contributed by atoms with E-state index >= 15 is 0 Å². The van der Waals surface area contributed by atoms with E-state index in [1.165, 1.54) is 0 Å². The molecular formula is C30H32ClN7O2. The number of ether oxygens (including phenoxy) is 2. The quantitative estimate of drug-likeness (QED) is 0.181. The predicted molar refractivity (Wildman–Crippen MR) is 157 cm³/mol. The lowest BCUT2D eigenvalue weighted by atomic mass is 10.1. The molecular weight excluding hydrogens is 526 g/mol. The van der Waals surface area contributed by atoms with Crippen LogP contribution >= 0.6 is 11.6 Å². The number of rotatable bonds is 10. The highest BCUT2D eigenvalue weighted by molar-refractivity contribution is 6.29. The summed E-state index contributed by atoms with van der Waals surface area (Å²) in [5.74, 6) is 1.95. The average Bonchev–Trinajstić information content (AvgIpc) is 3.30. The number of fused-ring (bicyclic) bond motifs is 1. The molecule has 0 N–H and O–H groups in total. The van der Waals surface area contributed by atoms with Gasteiger partial charge in [0.05, 0.1) is 42.9 Å². The standard InChI is InChI=1S/C30H32ClN7O2/c1-6-40-30-23(8-7-14-33-30)24-16-25(29-28(34-24)20(4)36-38(29)19(2)3)37(18-27-32-15-13-26(31)35-27)17-21-9-11-22(39-5)12-10-21/h7-16,19H,6,17-18H2,1-5H3. The van der Waals surface area contributed by atoms with Crippen molar-refractivity contribution in [3.05, 3.63) is 83.2 Å². The van der Waals surface area contributed by atoms with Gasteiger partial charge in [-0.1, -0.05) is 23.7 Å².